The average molecular weight is 365 g/mol. The van der Waals surface area contributed by atoms with E-state index in [2.05, 4.69) is 10.4 Å². The molecule has 0 bridgehead atoms. The first-order chi connectivity index (χ1) is 13.2. The van der Waals surface area contributed by atoms with E-state index in [1.54, 1.807) is 13.2 Å². The number of ether oxygens (including phenoxy) is 2. The van der Waals surface area contributed by atoms with Crippen molar-refractivity contribution in [2.75, 3.05) is 30.6 Å². The standard InChI is InChI=1S/C21H23N3O3/c1-4-22-18-12-11-15(14-19(18)26-3)13-17-20(27-5-2)23-24(21(17)25)16-9-7-6-8-10-16/h6-14,22H,4-5H2,1-3H3. The fourth-order valence-corrected chi connectivity index (χ4v) is 2.81. The number of nitrogens with one attached hydrogen (secondary N) is 1. The Balaban J connectivity index is 1.97. The molecule has 6 heteroatoms. The molecule has 0 aromatic heterocycles. The van der Waals surface area contributed by atoms with Crippen LogP contribution in [0.15, 0.2) is 59.2 Å². The van der Waals surface area contributed by atoms with Gasteiger partial charge in [-0.15, -0.1) is 5.10 Å². The Morgan fingerprint density at radius 2 is 1.93 bits per heavy atom. The third kappa shape index (κ3) is 3.95. The van der Waals surface area contributed by atoms with E-state index in [0.717, 1.165) is 17.8 Å². The maximum Gasteiger partial charge on any atom is 0.284 e. The lowest BCUT2D eigenvalue weighted by Gasteiger charge is -2.11. The quantitative estimate of drug-likeness (QED) is 0.789. The first kappa shape index (κ1) is 18.5. The molecule has 0 saturated carbocycles. The number of carbonyl (C=O) groups excluding carboxylic acids is 1. The van der Waals surface area contributed by atoms with Crippen molar-refractivity contribution in [2.24, 2.45) is 5.10 Å². The van der Waals surface area contributed by atoms with Gasteiger partial charge in [-0.1, -0.05) is 24.3 Å². The van der Waals surface area contributed by atoms with Gasteiger partial charge in [-0.25, -0.2) is 0 Å². The first-order valence-corrected chi connectivity index (χ1v) is 8.92. The SMILES string of the molecule is CCNc1ccc(C=C2C(=O)N(c3ccccc3)N=C2OCC)cc1OC. The van der Waals surface area contributed by atoms with Crippen LogP contribution in [0.5, 0.6) is 5.75 Å². The van der Waals surface area contributed by atoms with Crippen molar-refractivity contribution in [1.82, 2.24) is 0 Å². The van der Waals surface area contributed by atoms with Gasteiger partial charge in [-0.2, -0.15) is 5.01 Å². The highest BCUT2D eigenvalue weighted by atomic mass is 16.5. The number of carbonyl (C=O) groups is 1. The van der Waals surface area contributed by atoms with Crippen LogP contribution in [0.2, 0.25) is 0 Å². The number of hydrogen-bond acceptors (Lipinski definition) is 5. The number of amides is 1. The summed E-state index contributed by atoms with van der Waals surface area (Å²) in [4.78, 5) is 12.9. The number of hydrogen-bond donors (Lipinski definition) is 1. The van der Waals surface area contributed by atoms with Crippen LogP contribution in [0.25, 0.3) is 6.08 Å². The van der Waals surface area contributed by atoms with Crippen molar-refractivity contribution in [3.05, 3.63) is 59.7 Å². The van der Waals surface area contributed by atoms with Gasteiger partial charge >= 0.3 is 0 Å². The lowest BCUT2D eigenvalue weighted by atomic mass is 10.1. The van der Waals surface area contributed by atoms with Gasteiger partial charge in [-0.3, -0.25) is 4.79 Å². The van der Waals surface area contributed by atoms with Crippen LogP contribution in [0.3, 0.4) is 0 Å². The van der Waals surface area contributed by atoms with Gasteiger partial charge in [-0.05, 0) is 49.8 Å². The van der Waals surface area contributed by atoms with E-state index < -0.39 is 0 Å². The van der Waals surface area contributed by atoms with Crippen molar-refractivity contribution in [1.29, 1.82) is 0 Å². The van der Waals surface area contributed by atoms with Crippen molar-refractivity contribution in [2.45, 2.75) is 13.8 Å². The van der Waals surface area contributed by atoms with Crippen LogP contribution in [-0.4, -0.2) is 32.1 Å². The molecule has 2 aromatic carbocycles. The normalized spacial score (nSPS) is 15.1. The Hall–Kier alpha value is -3.28. The largest absolute Gasteiger partial charge is 0.495 e. The molecule has 0 unspecified atom stereocenters. The summed E-state index contributed by atoms with van der Waals surface area (Å²) in [6.45, 7) is 5.11. The van der Waals surface area contributed by atoms with Crippen LogP contribution >= 0.6 is 0 Å². The molecule has 1 N–H and O–H groups in total. The highest BCUT2D eigenvalue weighted by Gasteiger charge is 2.32. The molecule has 140 valence electrons. The Morgan fingerprint density at radius 3 is 2.59 bits per heavy atom. The fraction of sp³-hybridized carbons (Fsp3) is 0.238. The summed E-state index contributed by atoms with van der Waals surface area (Å²) in [5.74, 6) is 0.812. The molecule has 1 amide bonds. The molecule has 0 atom stereocenters. The molecule has 0 saturated heterocycles. The van der Waals surface area contributed by atoms with E-state index in [9.17, 15) is 4.79 Å². The van der Waals surface area contributed by atoms with Gasteiger partial charge in [0.1, 0.15) is 11.3 Å². The molecular weight excluding hydrogens is 342 g/mol. The smallest absolute Gasteiger partial charge is 0.284 e. The van der Waals surface area contributed by atoms with Crippen molar-refractivity contribution in [3.8, 4) is 5.75 Å². The molecule has 6 nitrogen and oxygen atoms in total. The van der Waals surface area contributed by atoms with Crippen LogP contribution in [-0.2, 0) is 9.53 Å². The average Bonchev–Trinajstić information content (AvgIpc) is 3.00. The number of rotatable bonds is 6. The molecule has 2 aromatic rings. The summed E-state index contributed by atoms with van der Waals surface area (Å²) in [6, 6.07) is 15.0. The summed E-state index contributed by atoms with van der Waals surface area (Å²) in [5.41, 5.74) is 2.85. The summed E-state index contributed by atoms with van der Waals surface area (Å²) >= 11 is 0. The molecule has 0 aliphatic carbocycles. The number of benzene rings is 2. The lowest BCUT2D eigenvalue weighted by molar-refractivity contribution is -0.114. The van der Waals surface area contributed by atoms with E-state index >= 15 is 0 Å². The molecule has 3 rings (SSSR count). The van der Waals surface area contributed by atoms with E-state index in [-0.39, 0.29) is 5.91 Å². The minimum absolute atomic E-state index is 0.223. The molecule has 0 radical (unpaired) electrons. The van der Waals surface area contributed by atoms with Crippen molar-refractivity contribution < 1.29 is 14.3 Å². The van der Waals surface area contributed by atoms with Gasteiger partial charge in [0.15, 0.2) is 0 Å². The van der Waals surface area contributed by atoms with E-state index in [0.29, 0.717) is 29.5 Å². The molecule has 27 heavy (non-hydrogen) atoms. The molecule has 0 spiro atoms. The number of anilines is 2. The molecule has 1 heterocycles. The van der Waals surface area contributed by atoms with E-state index in [4.69, 9.17) is 9.47 Å². The summed E-state index contributed by atoms with van der Waals surface area (Å²) in [6.07, 6.45) is 1.78. The van der Waals surface area contributed by atoms with Crippen LogP contribution < -0.4 is 15.1 Å². The van der Waals surface area contributed by atoms with Crippen LogP contribution in [0, 0.1) is 0 Å². The number of hydrazone groups is 1. The van der Waals surface area contributed by atoms with Gasteiger partial charge in [0, 0.05) is 6.54 Å². The van der Waals surface area contributed by atoms with Gasteiger partial charge in [0.2, 0.25) is 5.90 Å². The Kier molecular flexibility index (Phi) is 5.76. The van der Waals surface area contributed by atoms with Gasteiger partial charge < -0.3 is 14.8 Å². The second kappa shape index (κ2) is 8.40. The molecular formula is C21H23N3O3. The summed E-state index contributed by atoms with van der Waals surface area (Å²) in [7, 11) is 1.62. The van der Waals surface area contributed by atoms with Gasteiger partial charge in [0.05, 0.1) is 25.1 Å². The Bertz CT molecular complexity index is 875. The van der Waals surface area contributed by atoms with E-state index in [1.807, 2.05) is 62.4 Å². The van der Waals surface area contributed by atoms with E-state index in [1.165, 1.54) is 5.01 Å². The third-order valence-electron chi connectivity index (χ3n) is 4.03. The van der Waals surface area contributed by atoms with Gasteiger partial charge in [0.25, 0.3) is 5.91 Å². The lowest BCUT2D eigenvalue weighted by Crippen LogP contribution is -2.21. The zero-order chi connectivity index (χ0) is 19.2. The fourth-order valence-electron chi connectivity index (χ4n) is 2.81. The number of nitrogens with zero attached hydrogens (tertiary/aromatic N) is 2. The van der Waals surface area contributed by atoms with Crippen molar-refractivity contribution in [3.63, 3.8) is 0 Å². The first-order valence-electron chi connectivity index (χ1n) is 8.92. The summed E-state index contributed by atoms with van der Waals surface area (Å²) < 4.78 is 11.1. The minimum Gasteiger partial charge on any atom is -0.495 e. The highest BCUT2D eigenvalue weighted by molar-refractivity contribution is 6.30. The second-order valence-corrected chi connectivity index (χ2v) is 5.84. The van der Waals surface area contributed by atoms with Crippen LogP contribution in [0.4, 0.5) is 11.4 Å². The second-order valence-electron chi connectivity index (χ2n) is 5.84. The molecule has 1 aliphatic heterocycles. The zero-order valence-electron chi connectivity index (χ0n) is 15.7. The summed E-state index contributed by atoms with van der Waals surface area (Å²) in [5, 5.41) is 8.97. The third-order valence-corrected chi connectivity index (χ3v) is 4.03. The maximum atomic E-state index is 12.9. The monoisotopic (exact) mass is 365 g/mol. The highest BCUT2D eigenvalue weighted by Crippen LogP contribution is 2.29. The van der Waals surface area contributed by atoms with Crippen LogP contribution in [0.1, 0.15) is 19.4 Å². The zero-order valence-corrected chi connectivity index (χ0v) is 15.7. The molecule has 0 fully saturated rings. The topological polar surface area (TPSA) is 63.2 Å². The number of methoxy groups -OCH3 is 1. The Morgan fingerprint density at radius 1 is 1.15 bits per heavy atom. The maximum absolute atomic E-state index is 12.9. The number of para-hydroxylation sites is 1. The minimum atomic E-state index is -0.223. The predicted octanol–water partition coefficient (Wildman–Crippen LogP) is 3.91. The van der Waals surface area contributed by atoms with Crippen molar-refractivity contribution >= 4 is 29.3 Å². The molecule has 1 aliphatic rings. The Labute approximate surface area is 159 Å². The predicted molar refractivity (Wildman–Crippen MR) is 108 cm³/mol.